The molecule has 0 unspecified atom stereocenters. The number of hydrogen-bond acceptors (Lipinski definition) is 0. The Labute approximate surface area is 167 Å². The minimum atomic E-state index is 0.248. The summed E-state index contributed by atoms with van der Waals surface area (Å²) in [5.74, 6) is 0. The summed E-state index contributed by atoms with van der Waals surface area (Å²) in [6.07, 6.45) is 12.4. The van der Waals surface area contributed by atoms with Crippen molar-refractivity contribution in [1.29, 1.82) is 0 Å². The van der Waals surface area contributed by atoms with Crippen LogP contribution in [0.4, 0.5) is 0 Å². The maximum absolute atomic E-state index is 2.37. The van der Waals surface area contributed by atoms with Crippen LogP contribution in [-0.2, 0) is 18.3 Å². The fourth-order valence-electron chi connectivity index (χ4n) is 3.43. The summed E-state index contributed by atoms with van der Waals surface area (Å²) in [6.45, 7) is 11.4. The Balaban J connectivity index is 2.13. The van der Waals surface area contributed by atoms with Gasteiger partial charge < -0.3 is 0 Å². The second-order valence-corrected chi connectivity index (χ2v) is 8.02. The number of benzene rings is 2. The maximum atomic E-state index is 2.37. The summed E-state index contributed by atoms with van der Waals surface area (Å²) in [7, 11) is 0. The number of hydrogen-bond donors (Lipinski definition) is 0. The van der Waals surface area contributed by atoms with Crippen molar-refractivity contribution < 1.29 is 0 Å². The lowest BCUT2D eigenvalue weighted by molar-refractivity contribution is 0.506. The molecule has 0 radical (unpaired) electrons. The average Bonchev–Trinajstić information content (AvgIpc) is 2.69. The van der Waals surface area contributed by atoms with Gasteiger partial charge in [0, 0.05) is 0 Å². The lowest BCUT2D eigenvalue weighted by Crippen LogP contribution is -2.15. The second-order valence-electron chi connectivity index (χ2n) is 8.02. The average molecular weight is 361 g/mol. The molecule has 0 atom stereocenters. The fourth-order valence-corrected chi connectivity index (χ4v) is 3.43. The largest absolute Gasteiger partial charge is 0.0801 e. The summed E-state index contributed by atoms with van der Waals surface area (Å²) in [5.41, 5.74) is 7.39. The van der Waals surface area contributed by atoms with Gasteiger partial charge in [-0.2, -0.15) is 0 Å². The monoisotopic (exact) mass is 360 g/mol. The quantitative estimate of drug-likeness (QED) is 0.398. The van der Waals surface area contributed by atoms with E-state index in [4.69, 9.17) is 0 Å². The van der Waals surface area contributed by atoms with E-state index >= 15 is 0 Å². The third kappa shape index (κ3) is 5.96. The second kappa shape index (κ2) is 10.3. The lowest BCUT2D eigenvalue weighted by atomic mass is 9.81. The lowest BCUT2D eigenvalue weighted by Gasteiger charge is -2.23. The summed E-state index contributed by atoms with van der Waals surface area (Å²) in [6, 6.07) is 17.9. The highest BCUT2D eigenvalue weighted by molar-refractivity contribution is 5.69. The van der Waals surface area contributed by atoms with Gasteiger partial charge >= 0.3 is 0 Å². The van der Waals surface area contributed by atoms with Crippen molar-refractivity contribution in [2.24, 2.45) is 0 Å². The SMILES string of the molecule is CCCc1ccccc1/C(=C/C=C\Cc1cccc(C(C)(C)CC)c1)CC. The standard InChI is InChI=1S/C27H36/c1-6-14-24-18-11-12-20-26(24)23(7-2)17-10-9-15-22-16-13-19-25(21-22)27(4,5)8-3/h9-13,16-21H,6-8,14-15H2,1-5H3/b10-9-,23-17+. The van der Waals surface area contributed by atoms with Gasteiger partial charge in [-0.15, -0.1) is 0 Å². The Morgan fingerprint density at radius 3 is 2.44 bits per heavy atom. The fraction of sp³-hybridized carbons (Fsp3) is 0.407. The molecule has 0 aliphatic heterocycles. The molecule has 2 aromatic carbocycles. The van der Waals surface area contributed by atoms with Crippen molar-refractivity contribution in [3.8, 4) is 0 Å². The molecule has 144 valence electrons. The topological polar surface area (TPSA) is 0 Å². The molecular weight excluding hydrogens is 324 g/mol. The van der Waals surface area contributed by atoms with Gasteiger partial charge in [-0.05, 0) is 58.9 Å². The van der Waals surface area contributed by atoms with E-state index in [2.05, 4.69) is 101 Å². The number of rotatable bonds is 9. The van der Waals surface area contributed by atoms with Crippen LogP contribution >= 0.6 is 0 Å². The zero-order valence-corrected chi connectivity index (χ0v) is 17.9. The van der Waals surface area contributed by atoms with Gasteiger partial charge in [0.1, 0.15) is 0 Å². The Morgan fingerprint density at radius 2 is 1.74 bits per heavy atom. The molecule has 0 nitrogen and oxygen atoms in total. The highest BCUT2D eigenvalue weighted by Crippen LogP contribution is 2.27. The van der Waals surface area contributed by atoms with Crippen molar-refractivity contribution in [3.05, 3.63) is 89.0 Å². The van der Waals surface area contributed by atoms with Gasteiger partial charge in [-0.3, -0.25) is 0 Å². The Hall–Kier alpha value is -2.08. The highest BCUT2D eigenvalue weighted by Gasteiger charge is 2.17. The van der Waals surface area contributed by atoms with Crippen molar-refractivity contribution in [3.63, 3.8) is 0 Å². The third-order valence-corrected chi connectivity index (χ3v) is 5.64. The number of allylic oxidation sites excluding steroid dienone is 4. The zero-order valence-electron chi connectivity index (χ0n) is 17.9. The normalized spacial score (nSPS) is 12.7. The molecule has 2 aromatic rings. The van der Waals surface area contributed by atoms with Gasteiger partial charge in [-0.1, -0.05) is 108 Å². The Kier molecular flexibility index (Phi) is 8.10. The molecule has 0 aliphatic carbocycles. The molecule has 27 heavy (non-hydrogen) atoms. The van der Waals surface area contributed by atoms with Crippen LogP contribution in [-0.4, -0.2) is 0 Å². The van der Waals surface area contributed by atoms with Crippen LogP contribution in [0, 0.1) is 0 Å². The van der Waals surface area contributed by atoms with Crippen LogP contribution in [0.15, 0.2) is 66.8 Å². The maximum Gasteiger partial charge on any atom is -0.00942 e. The van der Waals surface area contributed by atoms with Crippen molar-refractivity contribution in [2.45, 2.75) is 72.1 Å². The Bertz CT molecular complexity index is 774. The molecule has 0 aliphatic rings. The van der Waals surface area contributed by atoms with Crippen LogP contribution in [0.1, 0.15) is 76.1 Å². The van der Waals surface area contributed by atoms with E-state index in [0.29, 0.717) is 0 Å². The summed E-state index contributed by atoms with van der Waals surface area (Å²) < 4.78 is 0. The first-order valence-electron chi connectivity index (χ1n) is 10.5. The van der Waals surface area contributed by atoms with Crippen LogP contribution in [0.2, 0.25) is 0 Å². The van der Waals surface area contributed by atoms with Gasteiger partial charge in [-0.25, -0.2) is 0 Å². The molecule has 0 saturated heterocycles. The van der Waals surface area contributed by atoms with Crippen LogP contribution in [0.5, 0.6) is 0 Å². The molecule has 0 bridgehead atoms. The van der Waals surface area contributed by atoms with Crippen molar-refractivity contribution >= 4 is 5.57 Å². The minimum Gasteiger partial charge on any atom is -0.0801 e. The van der Waals surface area contributed by atoms with Gasteiger partial charge in [0.25, 0.3) is 0 Å². The molecule has 0 N–H and O–H groups in total. The summed E-state index contributed by atoms with van der Waals surface area (Å²) in [5, 5.41) is 0. The first-order valence-corrected chi connectivity index (χ1v) is 10.5. The Morgan fingerprint density at radius 1 is 0.963 bits per heavy atom. The van der Waals surface area contributed by atoms with Gasteiger partial charge in [0.05, 0.1) is 0 Å². The first-order chi connectivity index (χ1) is 13.0. The van der Waals surface area contributed by atoms with E-state index in [1.54, 1.807) is 0 Å². The molecule has 0 heterocycles. The smallest absolute Gasteiger partial charge is 0.00942 e. The molecule has 0 amide bonds. The van der Waals surface area contributed by atoms with Crippen LogP contribution in [0.25, 0.3) is 5.57 Å². The summed E-state index contributed by atoms with van der Waals surface area (Å²) in [4.78, 5) is 0. The van der Waals surface area contributed by atoms with Crippen molar-refractivity contribution in [2.75, 3.05) is 0 Å². The van der Waals surface area contributed by atoms with Crippen molar-refractivity contribution in [1.82, 2.24) is 0 Å². The molecular formula is C27H36. The molecule has 0 aromatic heterocycles. The molecule has 0 spiro atoms. The predicted molar refractivity (Wildman–Crippen MR) is 121 cm³/mol. The zero-order chi connectivity index (χ0) is 19.7. The highest BCUT2D eigenvalue weighted by atomic mass is 14.2. The molecule has 0 saturated carbocycles. The van der Waals surface area contributed by atoms with E-state index < -0.39 is 0 Å². The third-order valence-electron chi connectivity index (χ3n) is 5.64. The van der Waals surface area contributed by atoms with Crippen LogP contribution < -0.4 is 0 Å². The van der Waals surface area contributed by atoms with E-state index in [9.17, 15) is 0 Å². The summed E-state index contributed by atoms with van der Waals surface area (Å²) >= 11 is 0. The molecule has 0 fully saturated rings. The first kappa shape index (κ1) is 21.2. The van der Waals surface area contributed by atoms with E-state index in [1.807, 2.05) is 0 Å². The number of aryl methyl sites for hydroxylation is 1. The molecule has 0 heteroatoms. The van der Waals surface area contributed by atoms with Crippen LogP contribution in [0.3, 0.4) is 0 Å². The predicted octanol–water partition coefficient (Wildman–Crippen LogP) is 7.92. The van der Waals surface area contributed by atoms with Gasteiger partial charge in [0.15, 0.2) is 0 Å². The molecule has 2 rings (SSSR count). The van der Waals surface area contributed by atoms with E-state index in [-0.39, 0.29) is 5.41 Å². The van der Waals surface area contributed by atoms with Gasteiger partial charge in [0.2, 0.25) is 0 Å². The minimum absolute atomic E-state index is 0.248. The van der Waals surface area contributed by atoms with E-state index in [1.165, 1.54) is 34.2 Å². The van der Waals surface area contributed by atoms with E-state index in [0.717, 1.165) is 25.7 Å².